The van der Waals surface area contributed by atoms with Crippen LogP contribution in [-0.4, -0.2) is 26.2 Å². The Bertz CT molecular complexity index is 451. The molecule has 2 aliphatic rings. The monoisotopic (exact) mass is 300 g/mol. The van der Waals surface area contributed by atoms with Gasteiger partial charge in [0.25, 0.3) is 0 Å². The van der Waals surface area contributed by atoms with E-state index in [1.165, 1.54) is 12.8 Å². The van der Waals surface area contributed by atoms with E-state index in [1.54, 1.807) is 0 Å². The molecule has 1 aliphatic carbocycles. The molecule has 2 fully saturated rings. The van der Waals surface area contributed by atoms with Gasteiger partial charge in [-0.3, -0.25) is 0 Å². The zero-order chi connectivity index (χ0) is 12.7. The van der Waals surface area contributed by atoms with E-state index in [2.05, 4.69) is 18.8 Å². The van der Waals surface area contributed by atoms with Gasteiger partial charge in [-0.2, -0.15) is 11.8 Å². The summed E-state index contributed by atoms with van der Waals surface area (Å²) in [6.45, 7) is 4.59. The van der Waals surface area contributed by atoms with Gasteiger partial charge in [0.05, 0.1) is 5.25 Å². The Hall–Kier alpha value is 0.0700. The second-order valence-corrected chi connectivity index (χ2v) is 8.50. The summed E-state index contributed by atoms with van der Waals surface area (Å²) < 4.78 is 0. The number of halogens is 1. The quantitative estimate of drug-likeness (QED) is 0.760. The SMILES string of the molecule is CC1SCC(c2nc(Cl)cc(C3CC3)n2)SC1C. The number of rotatable bonds is 2. The van der Waals surface area contributed by atoms with Crippen molar-refractivity contribution in [3.05, 3.63) is 22.7 Å². The van der Waals surface area contributed by atoms with Crippen LogP contribution in [0.2, 0.25) is 5.15 Å². The third-order valence-corrected chi connectivity index (χ3v) is 7.15. The zero-order valence-corrected chi connectivity index (χ0v) is 13.0. The predicted octanol–water partition coefficient (Wildman–Crippen LogP) is 4.31. The summed E-state index contributed by atoms with van der Waals surface area (Å²) in [5.41, 5.74) is 1.15. The van der Waals surface area contributed by atoms with Crippen LogP contribution in [-0.2, 0) is 0 Å². The van der Waals surface area contributed by atoms with Crippen LogP contribution in [0.5, 0.6) is 0 Å². The zero-order valence-electron chi connectivity index (χ0n) is 10.6. The van der Waals surface area contributed by atoms with Crippen LogP contribution in [0.3, 0.4) is 0 Å². The summed E-state index contributed by atoms with van der Waals surface area (Å²) in [7, 11) is 0. The van der Waals surface area contributed by atoms with Gasteiger partial charge in [-0.15, -0.1) is 11.8 Å². The molecule has 0 aromatic carbocycles. The number of aromatic nitrogens is 2. The Labute approximate surface area is 122 Å². The summed E-state index contributed by atoms with van der Waals surface area (Å²) in [4.78, 5) is 9.20. The van der Waals surface area contributed by atoms with E-state index in [4.69, 9.17) is 16.6 Å². The highest BCUT2D eigenvalue weighted by Crippen LogP contribution is 2.45. The Morgan fingerprint density at radius 2 is 2.00 bits per heavy atom. The van der Waals surface area contributed by atoms with Gasteiger partial charge in [-0.05, 0) is 18.9 Å². The maximum Gasteiger partial charge on any atom is 0.144 e. The van der Waals surface area contributed by atoms with Gasteiger partial charge < -0.3 is 0 Å². The van der Waals surface area contributed by atoms with Crippen LogP contribution in [0.1, 0.15) is 49.4 Å². The molecule has 1 saturated heterocycles. The third-order valence-electron chi connectivity index (χ3n) is 3.57. The standard InChI is InChI=1S/C13H17ClN2S2/c1-7-8(2)18-11(6-17-7)13-15-10(9-3-4-9)5-12(14)16-13/h5,7-9,11H,3-4,6H2,1-2H3. The molecule has 2 nitrogen and oxygen atoms in total. The minimum absolute atomic E-state index is 0.400. The van der Waals surface area contributed by atoms with E-state index in [-0.39, 0.29) is 0 Å². The fraction of sp³-hybridized carbons (Fsp3) is 0.692. The van der Waals surface area contributed by atoms with Gasteiger partial charge in [0.15, 0.2) is 0 Å². The highest BCUT2D eigenvalue weighted by Gasteiger charge is 2.31. The van der Waals surface area contributed by atoms with Crippen molar-refractivity contribution in [2.75, 3.05) is 5.75 Å². The molecule has 0 radical (unpaired) electrons. The average Bonchev–Trinajstić information content (AvgIpc) is 3.16. The first kappa shape index (κ1) is 13.1. The summed E-state index contributed by atoms with van der Waals surface area (Å²) >= 11 is 10.2. The van der Waals surface area contributed by atoms with Crippen molar-refractivity contribution in [2.24, 2.45) is 0 Å². The lowest BCUT2D eigenvalue weighted by Gasteiger charge is -2.30. The smallest absolute Gasteiger partial charge is 0.144 e. The first-order chi connectivity index (χ1) is 8.63. The molecule has 3 atom stereocenters. The molecular weight excluding hydrogens is 284 g/mol. The first-order valence-electron chi connectivity index (χ1n) is 6.45. The molecule has 18 heavy (non-hydrogen) atoms. The highest BCUT2D eigenvalue weighted by atomic mass is 35.5. The maximum absolute atomic E-state index is 6.14. The molecule has 1 aliphatic heterocycles. The van der Waals surface area contributed by atoms with Crippen molar-refractivity contribution in [3.63, 3.8) is 0 Å². The summed E-state index contributed by atoms with van der Waals surface area (Å²) in [6.07, 6.45) is 2.51. The van der Waals surface area contributed by atoms with Gasteiger partial charge >= 0.3 is 0 Å². The topological polar surface area (TPSA) is 25.8 Å². The van der Waals surface area contributed by atoms with Crippen molar-refractivity contribution >= 4 is 35.1 Å². The Balaban J connectivity index is 1.82. The van der Waals surface area contributed by atoms with Crippen LogP contribution >= 0.6 is 35.1 Å². The van der Waals surface area contributed by atoms with Crippen molar-refractivity contribution in [3.8, 4) is 0 Å². The Kier molecular flexibility index (Phi) is 3.79. The van der Waals surface area contributed by atoms with Gasteiger partial charge in [0.2, 0.25) is 0 Å². The molecule has 0 N–H and O–H groups in total. The third kappa shape index (κ3) is 2.81. The molecule has 98 valence electrons. The molecule has 3 rings (SSSR count). The number of nitrogens with zero attached hydrogens (tertiary/aromatic N) is 2. The molecule has 5 heteroatoms. The van der Waals surface area contributed by atoms with Crippen molar-refractivity contribution in [1.82, 2.24) is 9.97 Å². The molecule has 1 aromatic rings. The number of hydrogen-bond acceptors (Lipinski definition) is 4. The fourth-order valence-corrected chi connectivity index (χ4v) is 5.15. The predicted molar refractivity (Wildman–Crippen MR) is 80.7 cm³/mol. The van der Waals surface area contributed by atoms with Gasteiger partial charge in [0.1, 0.15) is 11.0 Å². The molecule has 0 amide bonds. The fourth-order valence-electron chi connectivity index (χ4n) is 2.10. The van der Waals surface area contributed by atoms with Crippen molar-refractivity contribution < 1.29 is 0 Å². The lowest BCUT2D eigenvalue weighted by molar-refractivity contribution is 0.839. The van der Waals surface area contributed by atoms with E-state index in [1.807, 2.05) is 29.6 Å². The molecule has 2 heterocycles. The molecule has 0 spiro atoms. The Morgan fingerprint density at radius 1 is 1.22 bits per heavy atom. The molecule has 1 aromatic heterocycles. The molecular formula is C13H17ClN2S2. The van der Waals surface area contributed by atoms with E-state index in [0.717, 1.165) is 17.3 Å². The number of hydrogen-bond donors (Lipinski definition) is 0. The van der Waals surface area contributed by atoms with E-state index < -0.39 is 0 Å². The number of thioether (sulfide) groups is 2. The average molecular weight is 301 g/mol. The summed E-state index contributed by atoms with van der Waals surface area (Å²) in [5.74, 6) is 2.68. The van der Waals surface area contributed by atoms with E-state index in [0.29, 0.717) is 26.8 Å². The lowest BCUT2D eigenvalue weighted by Crippen LogP contribution is -2.23. The van der Waals surface area contributed by atoms with E-state index in [9.17, 15) is 0 Å². The first-order valence-corrected chi connectivity index (χ1v) is 8.82. The molecule has 0 bridgehead atoms. The highest BCUT2D eigenvalue weighted by molar-refractivity contribution is 8.07. The van der Waals surface area contributed by atoms with Gasteiger partial charge in [-0.25, -0.2) is 9.97 Å². The van der Waals surface area contributed by atoms with Gasteiger partial charge in [-0.1, -0.05) is 25.4 Å². The largest absolute Gasteiger partial charge is 0.236 e. The molecule has 1 saturated carbocycles. The van der Waals surface area contributed by atoms with Crippen molar-refractivity contribution in [1.29, 1.82) is 0 Å². The minimum atomic E-state index is 0.400. The van der Waals surface area contributed by atoms with Gasteiger partial charge in [0, 0.05) is 27.9 Å². The molecule has 3 unspecified atom stereocenters. The second-order valence-electron chi connectivity index (χ2n) is 5.12. The summed E-state index contributed by atoms with van der Waals surface area (Å²) in [6, 6.07) is 1.94. The normalized spacial score (nSPS) is 32.5. The van der Waals surface area contributed by atoms with Crippen molar-refractivity contribution in [2.45, 2.75) is 48.4 Å². The summed E-state index contributed by atoms with van der Waals surface area (Å²) in [5, 5.41) is 2.38. The van der Waals surface area contributed by atoms with Crippen LogP contribution < -0.4 is 0 Å². The lowest BCUT2D eigenvalue weighted by atomic mass is 10.3. The van der Waals surface area contributed by atoms with Crippen LogP contribution in [0.15, 0.2) is 6.07 Å². The van der Waals surface area contributed by atoms with Crippen LogP contribution in [0.4, 0.5) is 0 Å². The van der Waals surface area contributed by atoms with Crippen LogP contribution in [0, 0.1) is 0 Å². The maximum atomic E-state index is 6.14. The minimum Gasteiger partial charge on any atom is -0.236 e. The van der Waals surface area contributed by atoms with E-state index >= 15 is 0 Å². The van der Waals surface area contributed by atoms with Crippen LogP contribution in [0.25, 0.3) is 0 Å². The Morgan fingerprint density at radius 3 is 2.67 bits per heavy atom. The second kappa shape index (κ2) is 5.22.